The summed E-state index contributed by atoms with van der Waals surface area (Å²) >= 11 is 0. The lowest BCUT2D eigenvalue weighted by molar-refractivity contribution is 0.690. The molecule has 0 radical (unpaired) electrons. The van der Waals surface area contributed by atoms with Gasteiger partial charge in [0.1, 0.15) is 0 Å². The first-order valence-corrected chi connectivity index (χ1v) is 5.31. The van der Waals surface area contributed by atoms with Crippen LogP contribution in [0.4, 0.5) is 5.69 Å². The van der Waals surface area contributed by atoms with Crippen LogP contribution in [0.25, 0.3) is 0 Å². The van der Waals surface area contributed by atoms with E-state index in [9.17, 15) is 0 Å². The summed E-state index contributed by atoms with van der Waals surface area (Å²) < 4.78 is 0. The van der Waals surface area contributed by atoms with Gasteiger partial charge in [-0.15, -0.1) is 0 Å². The number of para-hydroxylation sites is 1. The molecule has 0 spiro atoms. The Morgan fingerprint density at radius 2 is 2.07 bits per heavy atom. The molecule has 3 N–H and O–H groups in total. The molecule has 1 aromatic rings. The van der Waals surface area contributed by atoms with Gasteiger partial charge in [0, 0.05) is 18.3 Å². The van der Waals surface area contributed by atoms with Gasteiger partial charge in [0.05, 0.1) is 0 Å². The van der Waals surface area contributed by atoms with Gasteiger partial charge in [0.15, 0.2) is 0 Å². The molecule has 0 heterocycles. The summed E-state index contributed by atoms with van der Waals surface area (Å²) in [5, 5.41) is 3.42. The van der Waals surface area contributed by atoms with Gasteiger partial charge in [-0.3, -0.25) is 0 Å². The lowest BCUT2D eigenvalue weighted by Crippen LogP contribution is -2.19. The SMILES string of the molecule is CCc1ccccc1NCCC(C)N. The van der Waals surface area contributed by atoms with E-state index in [2.05, 4.69) is 36.5 Å². The first-order chi connectivity index (χ1) is 6.74. The summed E-state index contributed by atoms with van der Waals surface area (Å²) in [4.78, 5) is 0. The molecule has 0 amide bonds. The Hall–Kier alpha value is -1.02. The first-order valence-electron chi connectivity index (χ1n) is 5.31. The van der Waals surface area contributed by atoms with Gasteiger partial charge in [-0.2, -0.15) is 0 Å². The second kappa shape index (κ2) is 5.66. The molecule has 1 unspecified atom stereocenters. The zero-order valence-electron chi connectivity index (χ0n) is 9.09. The Morgan fingerprint density at radius 1 is 1.36 bits per heavy atom. The summed E-state index contributed by atoms with van der Waals surface area (Å²) in [7, 11) is 0. The maximum absolute atomic E-state index is 5.69. The van der Waals surface area contributed by atoms with Gasteiger partial charge in [0.25, 0.3) is 0 Å². The average Bonchev–Trinajstić information content (AvgIpc) is 2.18. The van der Waals surface area contributed by atoms with E-state index < -0.39 is 0 Å². The summed E-state index contributed by atoms with van der Waals surface area (Å²) in [6, 6.07) is 8.70. The minimum atomic E-state index is 0.274. The first kappa shape index (κ1) is 11.1. The van der Waals surface area contributed by atoms with E-state index in [1.165, 1.54) is 11.3 Å². The molecule has 2 heteroatoms. The summed E-state index contributed by atoms with van der Waals surface area (Å²) in [6.07, 6.45) is 2.08. The Morgan fingerprint density at radius 3 is 2.71 bits per heavy atom. The number of benzene rings is 1. The fraction of sp³-hybridized carbons (Fsp3) is 0.500. The van der Waals surface area contributed by atoms with Crippen LogP contribution in [0.15, 0.2) is 24.3 Å². The molecule has 0 aliphatic rings. The summed E-state index contributed by atoms with van der Waals surface area (Å²) in [6.45, 7) is 5.16. The van der Waals surface area contributed by atoms with Crippen molar-refractivity contribution in [1.29, 1.82) is 0 Å². The average molecular weight is 192 g/mol. The number of aryl methyl sites for hydroxylation is 1. The Kier molecular flexibility index (Phi) is 4.47. The van der Waals surface area contributed by atoms with Gasteiger partial charge in [-0.05, 0) is 31.4 Å². The highest BCUT2D eigenvalue weighted by molar-refractivity contribution is 5.50. The van der Waals surface area contributed by atoms with Crippen molar-refractivity contribution < 1.29 is 0 Å². The molecule has 78 valence electrons. The van der Waals surface area contributed by atoms with E-state index in [1.54, 1.807) is 0 Å². The third-order valence-electron chi connectivity index (χ3n) is 2.31. The number of nitrogens with two attached hydrogens (primary N) is 1. The second-order valence-electron chi connectivity index (χ2n) is 3.70. The van der Waals surface area contributed by atoms with Crippen molar-refractivity contribution in [3.05, 3.63) is 29.8 Å². The van der Waals surface area contributed by atoms with Crippen molar-refractivity contribution in [3.63, 3.8) is 0 Å². The Bertz CT molecular complexity index is 269. The molecule has 0 saturated carbocycles. The minimum absolute atomic E-state index is 0.274. The van der Waals surface area contributed by atoms with Crippen molar-refractivity contribution in [2.75, 3.05) is 11.9 Å². The van der Waals surface area contributed by atoms with Gasteiger partial charge < -0.3 is 11.1 Å². The van der Waals surface area contributed by atoms with Crippen LogP contribution in [-0.2, 0) is 6.42 Å². The van der Waals surface area contributed by atoms with Crippen molar-refractivity contribution in [2.45, 2.75) is 32.7 Å². The predicted molar refractivity (Wildman–Crippen MR) is 62.6 cm³/mol. The third kappa shape index (κ3) is 3.38. The van der Waals surface area contributed by atoms with Crippen LogP contribution in [0.2, 0.25) is 0 Å². The quantitative estimate of drug-likeness (QED) is 0.751. The standard InChI is InChI=1S/C12H20N2/c1-3-11-6-4-5-7-12(11)14-9-8-10(2)13/h4-7,10,14H,3,8-9,13H2,1-2H3. The number of rotatable bonds is 5. The van der Waals surface area contributed by atoms with Crippen LogP contribution in [0.1, 0.15) is 25.8 Å². The fourth-order valence-corrected chi connectivity index (χ4v) is 1.44. The van der Waals surface area contributed by atoms with E-state index in [-0.39, 0.29) is 6.04 Å². The molecule has 14 heavy (non-hydrogen) atoms. The number of hydrogen-bond donors (Lipinski definition) is 2. The molecule has 0 aliphatic carbocycles. The second-order valence-corrected chi connectivity index (χ2v) is 3.70. The monoisotopic (exact) mass is 192 g/mol. The molecule has 2 nitrogen and oxygen atoms in total. The number of nitrogens with one attached hydrogen (secondary N) is 1. The minimum Gasteiger partial charge on any atom is -0.385 e. The van der Waals surface area contributed by atoms with Crippen molar-refractivity contribution >= 4 is 5.69 Å². The predicted octanol–water partition coefficient (Wildman–Crippen LogP) is 2.40. The van der Waals surface area contributed by atoms with E-state index in [0.29, 0.717) is 0 Å². The van der Waals surface area contributed by atoms with Crippen molar-refractivity contribution in [2.24, 2.45) is 5.73 Å². The number of hydrogen-bond acceptors (Lipinski definition) is 2. The molecule has 0 saturated heterocycles. The Balaban J connectivity index is 2.49. The fourth-order valence-electron chi connectivity index (χ4n) is 1.44. The maximum atomic E-state index is 5.69. The molecule has 1 aromatic carbocycles. The highest BCUT2D eigenvalue weighted by Gasteiger charge is 1.98. The van der Waals surface area contributed by atoms with E-state index >= 15 is 0 Å². The lowest BCUT2D eigenvalue weighted by Gasteiger charge is -2.11. The molecule has 0 aromatic heterocycles. The normalized spacial score (nSPS) is 12.5. The van der Waals surface area contributed by atoms with Crippen molar-refractivity contribution in [3.8, 4) is 0 Å². The highest BCUT2D eigenvalue weighted by atomic mass is 14.9. The van der Waals surface area contributed by atoms with Gasteiger partial charge in [-0.1, -0.05) is 25.1 Å². The molecule has 1 rings (SSSR count). The zero-order valence-corrected chi connectivity index (χ0v) is 9.09. The van der Waals surface area contributed by atoms with Gasteiger partial charge in [-0.25, -0.2) is 0 Å². The third-order valence-corrected chi connectivity index (χ3v) is 2.31. The van der Waals surface area contributed by atoms with E-state index in [4.69, 9.17) is 5.73 Å². The molecule has 1 atom stereocenters. The van der Waals surface area contributed by atoms with Crippen LogP contribution in [0, 0.1) is 0 Å². The van der Waals surface area contributed by atoms with Gasteiger partial charge >= 0.3 is 0 Å². The molecule has 0 fully saturated rings. The topological polar surface area (TPSA) is 38.0 Å². The summed E-state index contributed by atoms with van der Waals surface area (Å²) in [5.41, 5.74) is 8.31. The van der Waals surface area contributed by atoms with Crippen LogP contribution in [-0.4, -0.2) is 12.6 Å². The molecule has 0 aliphatic heterocycles. The van der Waals surface area contributed by atoms with Crippen LogP contribution in [0.5, 0.6) is 0 Å². The molecular weight excluding hydrogens is 172 g/mol. The van der Waals surface area contributed by atoms with Crippen LogP contribution >= 0.6 is 0 Å². The largest absolute Gasteiger partial charge is 0.385 e. The smallest absolute Gasteiger partial charge is 0.0372 e. The molecule has 0 bridgehead atoms. The van der Waals surface area contributed by atoms with Gasteiger partial charge in [0.2, 0.25) is 0 Å². The van der Waals surface area contributed by atoms with E-state index in [0.717, 1.165) is 19.4 Å². The van der Waals surface area contributed by atoms with E-state index in [1.807, 2.05) is 6.92 Å². The highest BCUT2D eigenvalue weighted by Crippen LogP contribution is 2.15. The molecular formula is C12H20N2. The summed E-state index contributed by atoms with van der Waals surface area (Å²) in [5.74, 6) is 0. The Labute approximate surface area is 86.5 Å². The maximum Gasteiger partial charge on any atom is 0.0372 e. The zero-order chi connectivity index (χ0) is 10.4. The van der Waals surface area contributed by atoms with Crippen molar-refractivity contribution in [1.82, 2.24) is 0 Å². The van der Waals surface area contributed by atoms with Crippen LogP contribution < -0.4 is 11.1 Å². The lowest BCUT2D eigenvalue weighted by atomic mass is 10.1. The number of anilines is 1. The van der Waals surface area contributed by atoms with Crippen LogP contribution in [0.3, 0.4) is 0 Å².